The van der Waals surface area contributed by atoms with Crippen LogP contribution in [0.15, 0.2) is 46.0 Å². The lowest BCUT2D eigenvalue weighted by atomic mass is 9.92. The molecule has 29 heavy (non-hydrogen) atoms. The highest BCUT2D eigenvalue weighted by Crippen LogP contribution is 2.38. The average Bonchev–Trinajstić information content (AvgIpc) is 3.15. The van der Waals surface area contributed by atoms with E-state index in [1.54, 1.807) is 24.3 Å². The minimum absolute atomic E-state index is 0.0347. The summed E-state index contributed by atoms with van der Waals surface area (Å²) in [5.74, 6) is -0.670. The van der Waals surface area contributed by atoms with Gasteiger partial charge in [-0.15, -0.1) is 0 Å². The summed E-state index contributed by atoms with van der Waals surface area (Å²) in [6.45, 7) is 0. The Labute approximate surface area is 174 Å². The second-order valence-corrected chi connectivity index (χ2v) is 7.87. The molecular weight excluding hydrogens is 436 g/mol. The Hall–Kier alpha value is -3.19. The Bertz CT molecular complexity index is 1210. The van der Waals surface area contributed by atoms with Crippen molar-refractivity contribution in [2.75, 3.05) is 7.11 Å². The summed E-state index contributed by atoms with van der Waals surface area (Å²) in [4.78, 5) is 26.1. The van der Waals surface area contributed by atoms with Crippen molar-refractivity contribution in [2.45, 2.75) is 12.8 Å². The molecule has 144 valence electrons. The Kier molecular flexibility index (Phi) is 3.96. The zero-order valence-electron chi connectivity index (χ0n) is 15.4. The minimum atomic E-state index is -0.445. The van der Waals surface area contributed by atoms with Gasteiger partial charge < -0.3 is 9.84 Å². The zero-order chi connectivity index (χ0) is 20.3. The normalized spacial score (nSPS) is 15.0. The van der Waals surface area contributed by atoms with Gasteiger partial charge >= 0.3 is 0 Å². The number of rotatable bonds is 3. The summed E-state index contributed by atoms with van der Waals surface area (Å²) in [5.41, 5.74) is 3.90. The molecule has 2 aliphatic rings. The fourth-order valence-corrected chi connectivity index (χ4v) is 4.52. The Balaban J connectivity index is 1.58. The molecule has 0 spiro atoms. The number of benzene rings is 3. The standard InChI is InChI=1S/C22H15BrN2O4/c1-29-17-9-11(8-16(23)20(17)26)10-24-25-21(27)14-6-4-12-2-3-13-5-7-15(22(25)28)19(14)18(12)13/h4-10,26H,2-3H2,1H3. The number of carbonyl (C=O) groups excluding carboxylic acids is 2. The number of aryl methyl sites for hydroxylation is 2. The summed E-state index contributed by atoms with van der Waals surface area (Å²) in [5, 5.41) is 16.8. The van der Waals surface area contributed by atoms with E-state index >= 15 is 0 Å². The van der Waals surface area contributed by atoms with Crippen LogP contribution in [0, 0.1) is 0 Å². The van der Waals surface area contributed by atoms with Crippen LogP contribution in [-0.4, -0.2) is 35.3 Å². The quantitative estimate of drug-likeness (QED) is 0.482. The molecule has 3 aromatic carbocycles. The molecule has 0 radical (unpaired) electrons. The van der Waals surface area contributed by atoms with Crippen LogP contribution in [0.2, 0.25) is 0 Å². The largest absolute Gasteiger partial charge is 0.503 e. The number of hydrazone groups is 1. The van der Waals surface area contributed by atoms with Crippen molar-refractivity contribution in [3.05, 3.63) is 68.7 Å². The SMILES string of the molecule is COc1cc(C=NN2C(=O)c3ccc4c5c(ccc(c35)C2=O)CC4)cc(Br)c1O. The van der Waals surface area contributed by atoms with Gasteiger partial charge in [0.2, 0.25) is 0 Å². The number of amides is 2. The van der Waals surface area contributed by atoms with Crippen LogP contribution in [0.1, 0.15) is 37.4 Å². The third kappa shape index (κ3) is 2.57. The predicted octanol–water partition coefficient (Wildman–Crippen LogP) is 4.05. The van der Waals surface area contributed by atoms with Gasteiger partial charge in [0.1, 0.15) is 0 Å². The maximum absolute atomic E-state index is 13.0. The lowest BCUT2D eigenvalue weighted by Crippen LogP contribution is -2.36. The predicted molar refractivity (Wildman–Crippen MR) is 112 cm³/mol. The molecule has 6 nitrogen and oxygen atoms in total. The third-order valence-electron chi connectivity index (χ3n) is 5.44. The molecule has 0 saturated heterocycles. The smallest absolute Gasteiger partial charge is 0.282 e. The lowest BCUT2D eigenvalue weighted by molar-refractivity contribution is 0.0616. The van der Waals surface area contributed by atoms with E-state index in [0.29, 0.717) is 21.2 Å². The van der Waals surface area contributed by atoms with Crippen LogP contribution in [-0.2, 0) is 12.8 Å². The Morgan fingerprint density at radius 2 is 1.66 bits per heavy atom. The van der Waals surface area contributed by atoms with Crippen LogP contribution in [0.5, 0.6) is 11.5 Å². The molecule has 3 aromatic rings. The number of hydrogen-bond acceptors (Lipinski definition) is 5. The number of hydrogen-bond donors (Lipinski definition) is 1. The molecule has 2 amide bonds. The monoisotopic (exact) mass is 450 g/mol. The molecule has 1 aliphatic carbocycles. The molecule has 0 atom stereocenters. The van der Waals surface area contributed by atoms with E-state index in [2.05, 4.69) is 21.0 Å². The van der Waals surface area contributed by atoms with E-state index < -0.39 is 11.8 Å². The first-order valence-electron chi connectivity index (χ1n) is 9.06. The molecule has 0 aromatic heterocycles. The highest BCUT2D eigenvalue weighted by molar-refractivity contribution is 9.10. The van der Waals surface area contributed by atoms with Gasteiger partial charge in [0.15, 0.2) is 11.5 Å². The van der Waals surface area contributed by atoms with Crippen molar-refractivity contribution in [3.63, 3.8) is 0 Å². The highest BCUT2D eigenvalue weighted by atomic mass is 79.9. The second kappa shape index (κ2) is 6.42. The second-order valence-electron chi connectivity index (χ2n) is 7.01. The maximum Gasteiger partial charge on any atom is 0.282 e. The van der Waals surface area contributed by atoms with E-state index in [1.165, 1.54) is 24.5 Å². The zero-order valence-corrected chi connectivity index (χ0v) is 17.0. The van der Waals surface area contributed by atoms with Crippen LogP contribution in [0.4, 0.5) is 0 Å². The van der Waals surface area contributed by atoms with Crippen molar-refractivity contribution >= 4 is 44.7 Å². The Morgan fingerprint density at radius 3 is 2.24 bits per heavy atom. The van der Waals surface area contributed by atoms with Crippen LogP contribution in [0.25, 0.3) is 10.8 Å². The Morgan fingerprint density at radius 1 is 1.03 bits per heavy atom. The molecule has 0 saturated carbocycles. The van der Waals surface area contributed by atoms with Crippen molar-refractivity contribution in [1.29, 1.82) is 0 Å². The summed E-state index contributed by atoms with van der Waals surface area (Å²) in [6.07, 6.45) is 3.25. The lowest BCUT2D eigenvalue weighted by Gasteiger charge is -2.23. The molecule has 7 heteroatoms. The number of methoxy groups -OCH3 is 1. The number of nitrogens with zero attached hydrogens (tertiary/aromatic N) is 2. The average molecular weight is 451 g/mol. The van der Waals surface area contributed by atoms with Crippen LogP contribution in [0.3, 0.4) is 0 Å². The highest BCUT2D eigenvalue weighted by Gasteiger charge is 2.35. The van der Waals surface area contributed by atoms with E-state index in [1.807, 2.05) is 12.1 Å². The van der Waals surface area contributed by atoms with E-state index in [4.69, 9.17) is 4.74 Å². The van der Waals surface area contributed by atoms with Gasteiger partial charge in [-0.25, -0.2) is 0 Å². The number of aromatic hydroxyl groups is 1. The van der Waals surface area contributed by atoms with E-state index in [9.17, 15) is 14.7 Å². The number of halogens is 1. The number of imide groups is 1. The molecule has 5 rings (SSSR count). The minimum Gasteiger partial charge on any atom is -0.503 e. The molecule has 0 fully saturated rings. The van der Waals surface area contributed by atoms with Gasteiger partial charge in [0.25, 0.3) is 11.8 Å². The topological polar surface area (TPSA) is 79.2 Å². The van der Waals surface area contributed by atoms with Crippen molar-refractivity contribution in [3.8, 4) is 11.5 Å². The summed E-state index contributed by atoms with van der Waals surface area (Å²) in [6, 6.07) is 10.7. The molecular formula is C22H15BrN2O4. The van der Waals surface area contributed by atoms with Crippen molar-refractivity contribution in [2.24, 2.45) is 5.10 Å². The molecule has 0 bridgehead atoms. The fourth-order valence-electron chi connectivity index (χ4n) is 4.06. The maximum atomic E-state index is 13.0. The van der Waals surface area contributed by atoms with Gasteiger partial charge in [-0.05, 0) is 75.1 Å². The molecule has 1 N–H and O–H groups in total. The molecule has 1 heterocycles. The van der Waals surface area contributed by atoms with Gasteiger partial charge in [-0.3, -0.25) is 9.59 Å². The first-order valence-corrected chi connectivity index (χ1v) is 9.85. The summed E-state index contributed by atoms with van der Waals surface area (Å²) < 4.78 is 5.54. The number of ether oxygens (including phenoxy) is 1. The summed E-state index contributed by atoms with van der Waals surface area (Å²) in [7, 11) is 1.44. The van der Waals surface area contributed by atoms with Crippen LogP contribution < -0.4 is 4.74 Å². The summed E-state index contributed by atoms with van der Waals surface area (Å²) >= 11 is 3.25. The number of phenolic OH excluding ortho intramolecular Hbond substituents is 1. The van der Waals surface area contributed by atoms with Crippen molar-refractivity contribution in [1.82, 2.24) is 5.01 Å². The van der Waals surface area contributed by atoms with Gasteiger partial charge in [0, 0.05) is 5.39 Å². The van der Waals surface area contributed by atoms with Gasteiger partial charge in [-0.1, -0.05) is 12.1 Å². The van der Waals surface area contributed by atoms with Gasteiger partial charge in [-0.2, -0.15) is 10.1 Å². The third-order valence-corrected chi connectivity index (χ3v) is 6.04. The van der Waals surface area contributed by atoms with Crippen LogP contribution >= 0.6 is 15.9 Å². The van der Waals surface area contributed by atoms with E-state index in [-0.39, 0.29) is 11.5 Å². The first-order chi connectivity index (χ1) is 14.0. The number of phenols is 1. The molecule has 1 aliphatic heterocycles. The first kappa shape index (κ1) is 17.9. The van der Waals surface area contributed by atoms with E-state index in [0.717, 1.165) is 28.6 Å². The van der Waals surface area contributed by atoms with Gasteiger partial charge in [0.05, 0.1) is 28.9 Å². The van der Waals surface area contributed by atoms with Crippen molar-refractivity contribution < 1.29 is 19.4 Å². The molecule has 0 unspecified atom stereocenters. The number of carbonyl (C=O) groups is 2. The fraction of sp³-hybridized carbons (Fsp3) is 0.136.